The topological polar surface area (TPSA) is 34.1 Å². The van der Waals surface area contributed by atoms with Gasteiger partial charge >= 0.3 is 0 Å². The van der Waals surface area contributed by atoms with Crippen molar-refractivity contribution in [3.63, 3.8) is 0 Å². The monoisotopic (exact) mass is 420 g/mol. The number of ketones is 2. The molecule has 0 aromatic heterocycles. The van der Waals surface area contributed by atoms with Crippen LogP contribution in [0.5, 0.6) is 0 Å². The number of Topliss-reactive ketones (excluding diaryl/α,β-unsaturated/α-hetero) is 2. The van der Waals surface area contributed by atoms with Gasteiger partial charge in [0.05, 0.1) is 6.42 Å². The first-order valence-corrected chi connectivity index (χ1v) is 8.65. The van der Waals surface area contributed by atoms with Crippen LogP contribution in [0, 0.1) is 0 Å². The van der Waals surface area contributed by atoms with E-state index in [1.807, 2.05) is 48.5 Å². The molecule has 2 nitrogen and oxygen atoms in total. The number of hydrogen-bond donors (Lipinski definition) is 0. The average molecular weight is 422 g/mol. The molecule has 0 unspecified atom stereocenters. The molecule has 112 valence electrons. The molecular weight excluding hydrogens is 408 g/mol. The van der Waals surface area contributed by atoms with Crippen LogP contribution in [0.4, 0.5) is 0 Å². The summed E-state index contributed by atoms with van der Waals surface area (Å²) in [7, 11) is 0. The van der Waals surface area contributed by atoms with Crippen molar-refractivity contribution in [2.24, 2.45) is 0 Å². The minimum absolute atomic E-state index is 0.00255. The van der Waals surface area contributed by atoms with Crippen molar-refractivity contribution in [3.8, 4) is 0 Å². The SMILES string of the molecule is O=C1CC(=O)CC(c2ccccc2Br)(c2ccccc2Br)C1. The summed E-state index contributed by atoms with van der Waals surface area (Å²) in [4.78, 5) is 24.4. The van der Waals surface area contributed by atoms with E-state index in [1.54, 1.807) is 0 Å². The van der Waals surface area contributed by atoms with Crippen molar-refractivity contribution in [2.45, 2.75) is 24.7 Å². The van der Waals surface area contributed by atoms with Crippen LogP contribution in [0.1, 0.15) is 30.4 Å². The Bertz CT molecular complexity index is 689. The van der Waals surface area contributed by atoms with Gasteiger partial charge < -0.3 is 0 Å². The second-order valence-corrected chi connectivity index (χ2v) is 7.36. The van der Waals surface area contributed by atoms with Crippen LogP contribution in [-0.2, 0) is 15.0 Å². The Morgan fingerprint density at radius 3 is 1.55 bits per heavy atom. The highest BCUT2D eigenvalue weighted by Crippen LogP contribution is 2.47. The fraction of sp³-hybridized carbons (Fsp3) is 0.222. The van der Waals surface area contributed by atoms with Crippen LogP contribution in [0.2, 0.25) is 0 Å². The maximum absolute atomic E-state index is 12.2. The minimum Gasteiger partial charge on any atom is -0.299 e. The van der Waals surface area contributed by atoms with Gasteiger partial charge in [-0.3, -0.25) is 9.59 Å². The van der Waals surface area contributed by atoms with E-state index < -0.39 is 5.41 Å². The first-order chi connectivity index (χ1) is 10.5. The van der Waals surface area contributed by atoms with Crippen LogP contribution in [0.15, 0.2) is 57.5 Å². The summed E-state index contributed by atoms with van der Waals surface area (Å²) < 4.78 is 1.85. The summed E-state index contributed by atoms with van der Waals surface area (Å²) in [6, 6.07) is 15.7. The predicted octanol–water partition coefficient (Wildman–Crippen LogP) is 4.82. The number of halogens is 2. The fourth-order valence-electron chi connectivity index (χ4n) is 3.31. The molecule has 0 radical (unpaired) electrons. The van der Waals surface area contributed by atoms with Crippen molar-refractivity contribution in [1.82, 2.24) is 0 Å². The lowest BCUT2D eigenvalue weighted by Crippen LogP contribution is -2.39. The number of benzene rings is 2. The quantitative estimate of drug-likeness (QED) is 0.651. The molecule has 0 spiro atoms. The van der Waals surface area contributed by atoms with E-state index in [1.165, 1.54) is 0 Å². The van der Waals surface area contributed by atoms with Gasteiger partial charge in [0.15, 0.2) is 0 Å². The van der Waals surface area contributed by atoms with Crippen molar-refractivity contribution < 1.29 is 9.59 Å². The molecule has 2 aromatic carbocycles. The number of rotatable bonds is 2. The Balaban J connectivity index is 2.28. The Kier molecular flexibility index (Phi) is 4.33. The lowest BCUT2D eigenvalue weighted by molar-refractivity contribution is -0.131. The highest BCUT2D eigenvalue weighted by atomic mass is 79.9. The highest BCUT2D eigenvalue weighted by molar-refractivity contribution is 9.10. The Labute approximate surface area is 146 Å². The van der Waals surface area contributed by atoms with E-state index in [9.17, 15) is 9.59 Å². The molecule has 0 atom stereocenters. The van der Waals surface area contributed by atoms with E-state index >= 15 is 0 Å². The number of carbonyl (C=O) groups excluding carboxylic acids is 2. The van der Waals surface area contributed by atoms with Gasteiger partial charge in [-0.05, 0) is 23.3 Å². The highest BCUT2D eigenvalue weighted by Gasteiger charge is 2.44. The second-order valence-electron chi connectivity index (χ2n) is 5.65. The van der Waals surface area contributed by atoms with Crippen LogP contribution in [-0.4, -0.2) is 11.6 Å². The van der Waals surface area contributed by atoms with Gasteiger partial charge in [-0.25, -0.2) is 0 Å². The van der Waals surface area contributed by atoms with Crippen LogP contribution in [0.3, 0.4) is 0 Å². The van der Waals surface area contributed by atoms with E-state index in [0.29, 0.717) is 12.8 Å². The van der Waals surface area contributed by atoms with Gasteiger partial charge in [-0.1, -0.05) is 68.3 Å². The molecule has 0 heterocycles. The van der Waals surface area contributed by atoms with E-state index in [4.69, 9.17) is 0 Å². The van der Waals surface area contributed by atoms with Crippen LogP contribution < -0.4 is 0 Å². The van der Waals surface area contributed by atoms with E-state index in [0.717, 1.165) is 20.1 Å². The Hall–Kier alpha value is -1.26. The normalized spacial score (nSPS) is 17.5. The molecule has 22 heavy (non-hydrogen) atoms. The van der Waals surface area contributed by atoms with Crippen LogP contribution >= 0.6 is 31.9 Å². The Morgan fingerprint density at radius 2 is 1.14 bits per heavy atom. The fourth-order valence-corrected chi connectivity index (χ4v) is 4.63. The molecule has 1 aliphatic rings. The van der Waals surface area contributed by atoms with Crippen molar-refractivity contribution >= 4 is 43.4 Å². The molecule has 1 aliphatic carbocycles. The van der Waals surface area contributed by atoms with Gasteiger partial charge in [0.2, 0.25) is 0 Å². The third kappa shape index (κ3) is 2.70. The van der Waals surface area contributed by atoms with Gasteiger partial charge in [-0.15, -0.1) is 0 Å². The Morgan fingerprint density at radius 1 is 0.727 bits per heavy atom. The first kappa shape index (κ1) is 15.6. The molecule has 1 fully saturated rings. The molecule has 0 amide bonds. The summed E-state index contributed by atoms with van der Waals surface area (Å²) in [5.74, 6) is 0.00510. The van der Waals surface area contributed by atoms with Crippen molar-refractivity contribution in [2.75, 3.05) is 0 Å². The average Bonchev–Trinajstić information content (AvgIpc) is 2.47. The molecule has 4 heteroatoms. The van der Waals surface area contributed by atoms with Crippen molar-refractivity contribution in [3.05, 3.63) is 68.6 Å². The molecule has 3 rings (SSSR count). The maximum atomic E-state index is 12.2. The maximum Gasteiger partial charge on any atom is 0.141 e. The van der Waals surface area contributed by atoms with Crippen LogP contribution in [0.25, 0.3) is 0 Å². The summed E-state index contributed by atoms with van der Waals surface area (Å²) in [5.41, 5.74) is 1.37. The number of hydrogen-bond acceptors (Lipinski definition) is 2. The zero-order chi connectivity index (χ0) is 15.7. The predicted molar refractivity (Wildman–Crippen MR) is 92.9 cm³/mol. The molecule has 0 saturated heterocycles. The number of carbonyl (C=O) groups is 2. The lowest BCUT2D eigenvalue weighted by Gasteiger charge is -2.38. The standard InChI is InChI=1S/C18H14Br2O2/c19-16-7-3-1-5-14(16)18(10-12(21)9-13(22)11-18)15-6-2-4-8-17(15)20/h1-8H,9-11H2. The summed E-state index contributed by atoms with van der Waals surface area (Å²) >= 11 is 7.18. The largest absolute Gasteiger partial charge is 0.299 e. The molecule has 0 N–H and O–H groups in total. The van der Waals surface area contributed by atoms with E-state index in [-0.39, 0.29) is 18.0 Å². The summed E-state index contributed by atoms with van der Waals surface area (Å²) in [6.07, 6.45) is 0.755. The smallest absolute Gasteiger partial charge is 0.141 e. The summed E-state index contributed by atoms with van der Waals surface area (Å²) in [5, 5.41) is 0. The first-order valence-electron chi connectivity index (χ1n) is 7.06. The molecule has 2 aromatic rings. The van der Waals surface area contributed by atoms with Gasteiger partial charge in [0.1, 0.15) is 11.6 Å². The minimum atomic E-state index is -0.605. The van der Waals surface area contributed by atoms with Crippen molar-refractivity contribution in [1.29, 1.82) is 0 Å². The lowest BCUT2D eigenvalue weighted by atomic mass is 9.64. The van der Waals surface area contributed by atoms with Gasteiger partial charge in [-0.2, -0.15) is 0 Å². The molecule has 0 aliphatic heterocycles. The zero-order valence-corrected chi connectivity index (χ0v) is 15.0. The van der Waals surface area contributed by atoms with Gasteiger partial charge in [0, 0.05) is 27.2 Å². The second kappa shape index (κ2) is 6.09. The molecule has 1 saturated carbocycles. The zero-order valence-electron chi connectivity index (χ0n) is 11.8. The third-order valence-electron chi connectivity index (χ3n) is 4.17. The summed E-state index contributed by atoms with van der Waals surface area (Å²) in [6.45, 7) is 0. The van der Waals surface area contributed by atoms with E-state index in [2.05, 4.69) is 31.9 Å². The molecular formula is C18H14Br2O2. The van der Waals surface area contributed by atoms with Gasteiger partial charge in [0.25, 0.3) is 0 Å². The molecule has 0 bridgehead atoms. The third-order valence-corrected chi connectivity index (χ3v) is 5.55.